The molecule has 0 bridgehead atoms. The molecule has 0 radical (unpaired) electrons. The van der Waals surface area contributed by atoms with Crippen LogP contribution in [0.5, 0.6) is 0 Å². The molecule has 3 aromatic heterocycles. The molecule has 0 spiro atoms. The van der Waals surface area contributed by atoms with Gasteiger partial charge in [0, 0.05) is 17.8 Å². The molecule has 3 heterocycles. The number of aromatic nitrogens is 3. The summed E-state index contributed by atoms with van der Waals surface area (Å²) in [5, 5.41) is 3.85. The summed E-state index contributed by atoms with van der Waals surface area (Å²) in [6.07, 6.45) is 2.22. The zero-order valence-electron chi connectivity index (χ0n) is 15.0. The Bertz CT molecular complexity index is 1100. The van der Waals surface area contributed by atoms with E-state index < -0.39 is 0 Å². The van der Waals surface area contributed by atoms with Gasteiger partial charge in [0.2, 0.25) is 0 Å². The molecule has 1 aromatic carbocycles. The second-order valence-corrected chi connectivity index (χ2v) is 6.63. The predicted molar refractivity (Wildman–Crippen MR) is 99.4 cm³/mol. The SMILES string of the molecule is Cc1ccc(-c2nc3ccc(C)cn3c2CC(=O)c2cc(C)on2)cc1. The molecule has 0 N–H and O–H groups in total. The Balaban J connectivity index is 1.84. The van der Waals surface area contributed by atoms with Gasteiger partial charge in [-0.05, 0) is 32.4 Å². The lowest BCUT2D eigenvalue weighted by atomic mass is 10.0. The number of carbonyl (C=O) groups excluding carboxylic acids is 1. The average molecular weight is 345 g/mol. The van der Waals surface area contributed by atoms with Crippen LogP contribution < -0.4 is 0 Å². The number of hydrogen-bond acceptors (Lipinski definition) is 4. The van der Waals surface area contributed by atoms with Gasteiger partial charge in [-0.2, -0.15) is 0 Å². The summed E-state index contributed by atoms with van der Waals surface area (Å²) in [4.78, 5) is 17.5. The van der Waals surface area contributed by atoms with Gasteiger partial charge in [0.1, 0.15) is 17.1 Å². The summed E-state index contributed by atoms with van der Waals surface area (Å²) in [5.74, 6) is 0.541. The monoisotopic (exact) mass is 345 g/mol. The van der Waals surface area contributed by atoms with Crippen molar-refractivity contribution in [3.8, 4) is 11.3 Å². The minimum absolute atomic E-state index is 0.0847. The molecule has 0 aliphatic rings. The first kappa shape index (κ1) is 16.3. The van der Waals surface area contributed by atoms with Crippen molar-refractivity contribution in [1.29, 1.82) is 0 Å². The largest absolute Gasteiger partial charge is 0.361 e. The maximum absolute atomic E-state index is 12.7. The van der Waals surface area contributed by atoms with Gasteiger partial charge in [0.15, 0.2) is 5.78 Å². The summed E-state index contributed by atoms with van der Waals surface area (Å²) in [6, 6.07) is 13.8. The van der Waals surface area contributed by atoms with Crippen molar-refractivity contribution in [3.63, 3.8) is 0 Å². The molecule has 5 nitrogen and oxygen atoms in total. The van der Waals surface area contributed by atoms with E-state index in [9.17, 15) is 4.79 Å². The van der Waals surface area contributed by atoms with Crippen LogP contribution >= 0.6 is 0 Å². The molecule has 5 heteroatoms. The third-order valence-electron chi connectivity index (χ3n) is 4.43. The molecule has 130 valence electrons. The Labute approximate surface area is 151 Å². The number of nitrogens with zero attached hydrogens (tertiary/aromatic N) is 3. The molecule has 4 rings (SSSR count). The number of hydrogen-bond donors (Lipinski definition) is 0. The zero-order valence-corrected chi connectivity index (χ0v) is 15.0. The Hall–Kier alpha value is -3.21. The highest BCUT2D eigenvalue weighted by molar-refractivity contribution is 5.96. The van der Waals surface area contributed by atoms with E-state index in [1.54, 1.807) is 13.0 Å². The molecule has 0 aliphatic heterocycles. The van der Waals surface area contributed by atoms with E-state index in [-0.39, 0.29) is 12.2 Å². The van der Waals surface area contributed by atoms with Crippen LogP contribution in [0.3, 0.4) is 0 Å². The number of benzene rings is 1. The van der Waals surface area contributed by atoms with Gasteiger partial charge in [-0.3, -0.25) is 4.79 Å². The highest BCUT2D eigenvalue weighted by Gasteiger charge is 2.20. The first-order chi connectivity index (χ1) is 12.5. The minimum atomic E-state index is -0.0847. The Morgan fingerprint density at radius 3 is 2.46 bits per heavy atom. The topological polar surface area (TPSA) is 60.4 Å². The lowest BCUT2D eigenvalue weighted by Gasteiger charge is -2.05. The first-order valence-corrected chi connectivity index (χ1v) is 8.52. The van der Waals surface area contributed by atoms with Crippen LogP contribution in [0.25, 0.3) is 16.9 Å². The van der Waals surface area contributed by atoms with Crippen molar-refractivity contribution in [1.82, 2.24) is 14.5 Å². The number of rotatable bonds is 4. The number of fused-ring (bicyclic) bond motifs is 1. The van der Waals surface area contributed by atoms with Crippen molar-refractivity contribution >= 4 is 11.4 Å². The minimum Gasteiger partial charge on any atom is -0.361 e. The van der Waals surface area contributed by atoms with Gasteiger partial charge >= 0.3 is 0 Å². The molecule has 0 fully saturated rings. The standard InChI is InChI=1S/C21H19N3O2/c1-13-4-7-16(8-5-13)21-18(11-19(25)17-10-15(3)26-23-17)24-12-14(2)6-9-20(24)22-21/h4-10,12H,11H2,1-3H3. The van der Waals surface area contributed by atoms with Crippen molar-refractivity contribution in [2.75, 3.05) is 0 Å². The van der Waals surface area contributed by atoms with Crippen LogP contribution in [0, 0.1) is 20.8 Å². The van der Waals surface area contributed by atoms with Crippen molar-refractivity contribution in [2.45, 2.75) is 27.2 Å². The Morgan fingerprint density at radius 2 is 1.77 bits per heavy atom. The van der Waals surface area contributed by atoms with E-state index in [4.69, 9.17) is 9.51 Å². The zero-order chi connectivity index (χ0) is 18.3. The summed E-state index contributed by atoms with van der Waals surface area (Å²) in [7, 11) is 0. The third-order valence-corrected chi connectivity index (χ3v) is 4.43. The molecule has 0 saturated carbocycles. The average Bonchev–Trinajstić information content (AvgIpc) is 3.20. The smallest absolute Gasteiger partial charge is 0.190 e. The van der Waals surface area contributed by atoms with E-state index in [2.05, 4.69) is 17.3 Å². The van der Waals surface area contributed by atoms with E-state index in [1.165, 1.54) is 5.56 Å². The van der Waals surface area contributed by atoms with Gasteiger partial charge in [-0.25, -0.2) is 4.98 Å². The molecule has 0 amide bonds. The summed E-state index contributed by atoms with van der Waals surface area (Å²) >= 11 is 0. The summed E-state index contributed by atoms with van der Waals surface area (Å²) in [6.45, 7) is 5.85. The first-order valence-electron chi connectivity index (χ1n) is 8.52. The van der Waals surface area contributed by atoms with Crippen LogP contribution in [0.4, 0.5) is 0 Å². The van der Waals surface area contributed by atoms with Gasteiger partial charge in [-0.15, -0.1) is 0 Å². The van der Waals surface area contributed by atoms with Crippen LogP contribution in [-0.2, 0) is 6.42 Å². The fourth-order valence-corrected chi connectivity index (χ4v) is 3.05. The van der Waals surface area contributed by atoms with Crippen molar-refractivity contribution in [3.05, 3.63) is 76.9 Å². The lowest BCUT2D eigenvalue weighted by Crippen LogP contribution is -2.07. The van der Waals surface area contributed by atoms with Crippen LogP contribution in [-0.4, -0.2) is 20.3 Å². The Morgan fingerprint density at radius 1 is 1.04 bits per heavy atom. The second-order valence-electron chi connectivity index (χ2n) is 6.63. The van der Waals surface area contributed by atoms with Gasteiger partial charge in [0.05, 0.1) is 17.8 Å². The second kappa shape index (κ2) is 6.26. The van der Waals surface area contributed by atoms with E-state index in [0.29, 0.717) is 11.5 Å². The highest BCUT2D eigenvalue weighted by atomic mass is 16.5. The normalized spacial score (nSPS) is 11.2. The lowest BCUT2D eigenvalue weighted by molar-refractivity contribution is 0.0983. The van der Waals surface area contributed by atoms with Gasteiger partial charge in [0.25, 0.3) is 0 Å². The van der Waals surface area contributed by atoms with E-state index in [0.717, 1.165) is 28.2 Å². The predicted octanol–water partition coefficient (Wildman–Crippen LogP) is 4.34. The maximum Gasteiger partial charge on any atom is 0.190 e. The Kier molecular flexibility index (Phi) is 3.92. The van der Waals surface area contributed by atoms with Gasteiger partial charge in [-0.1, -0.05) is 41.1 Å². The van der Waals surface area contributed by atoms with E-state index >= 15 is 0 Å². The maximum atomic E-state index is 12.7. The molecule has 0 atom stereocenters. The third kappa shape index (κ3) is 2.92. The fraction of sp³-hybridized carbons (Fsp3) is 0.190. The van der Waals surface area contributed by atoms with Crippen LogP contribution in [0.1, 0.15) is 33.1 Å². The van der Waals surface area contributed by atoms with Crippen molar-refractivity contribution < 1.29 is 9.32 Å². The fourth-order valence-electron chi connectivity index (χ4n) is 3.05. The number of Topliss-reactive ketones (excluding diaryl/α,β-unsaturated/α-hetero) is 1. The molecule has 0 unspecified atom stereocenters. The molecule has 4 aromatic rings. The van der Waals surface area contributed by atoms with Crippen molar-refractivity contribution in [2.24, 2.45) is 0 Å². The quantitative estimate of drug-likeness (QED) is 0.516. The molecule has 0 aliphatic carbocycles. The number of imidazole rings is 1. The number of pyridine rings is 1. The number of aryl methyl sites for hydroxylation is 3. The summed E-state index contributed by atoms with van der Waals surface area (Å²) in [5.41, 5.74) is 6.14. The summed E-state index contributed by atoms with van der Waals surface area (Å²) < 4.78 is 7.04. The van der Waals surface area contributed by atoms with E-state index in [1.807, 2.05) is 48.7 Å². The van der Waals surface area contributed by atoms with Gasteiger partial charge < -0.3 is 8.92 Å². The molecular weight excluding hydrogens is 326 g/mol. The number of carbonyl (C=O) groups is 1. The highest BCUT2D eigenvalue weighted by Crippen LogP contribution is 2.26. The molecular formula is C21H19N3O2. The van der Waals surface area contributed by atoms with Crippen LogP contribution in [0.15, 0.2) is 53.2 Å². The van der Waals surface area contributed by atoms with Crippen LogP contribution in [0.2, 0.25) is 0 Å². The molecule has 26 heavy (non-hydrogen) atoms. The molecule has 0 saturated heterocycles. The number of ketones is 1.